The third-order valence-electron chi connectivity index (χ3n) is 6.85. The van der Waals surface area contributed by atoms with Gasteiger partial charge in [-0.3, -0.25) is 0 Å². The normalized spacial score (nSPS) is 11.0. The summed E-state index contributed by atoms with van der Waals surface area (Å²) in [5.41, 5.74) is 9.00. The molecule has 5 aromatic carbocycles. The van der Waals surface area contributed by atoms with Crippen molar-refractivity contribution in [1.82, 2.24) is 0 Å². The van der Waals surface area contributed by atoms with E-state index in [1.807, 2.05) is 60.7 Å². The standard InChI is InChI=1S/C40H34O2/c1-3-31-8-16-37(17-9-31)29-41-39-24-20-33(21-25-39)12-14-35-6-5-7-36(28-35)15-13-34-22-26-40(27-23-34)42-30-38-18-10-32(4-2)11-19-38/h3-28H,1-2,29-30H2/b14-12+,15-13+. The third kappa shape index (κ3) is 8.33. The number of hydrogen-bond acceptors (Lipinski definition) is 2. The summed E-state index contributed by atoms with van der Waals surface area (Å²) in [6.07, 6.45) is 12.2. The van der Waals surface area contributed by atoms with Crippen LogP contribution in [0.5, 0.6) is 11.5 Å². The molecule has 5 rings (SSSR count). The molecule has 206 valence electrons. The molecular weight excluding hydrogens is 512 g/mol. The van der Waals surface area contributed by atoms with Gasteiger partial charge in [0.15, 0.2) is 0 Å². The minimum absolute atomic E-state index is 0.538. The second-order valence-corrected chi connectivity index (χ2v) is 9.94. The highest BCUT2D eigenvalue weighted by atomic mass is 16.5. The van der Waals surface area contributed by atoms with Crippen molar-refractivity contribution in [3.8, 4) is 11.5 Å². The Kier molecular flexibility index (Phi) is 9.63. The van der Waals surface area contributed by atoms with Gasteiger partial charge in [-0.2, -0.15) is 0 Å². The SMILES string of the molecule is C=Cc1ccc(COc2ccc(/C=C/c3cccc(/C=C/c4ccc(OCc5ccc(C=C)cc5)cc4)c3)cc2)cc1. The molecule has 0 amide bonds. The average Bonchev–Trinajstić information content (AvgIpc) is 3.06. The molecular formula is C40H34O2. The van der Waals surface area contributed by atoms with E-state index in [2.05, 4.69) is 110 Å². The predicted octanol–water partition coefficient (Wildman–Crippen LogP) is 10.5. The second kappa shape index (κ2) is 14.3. The summed E-state index contributed by atoms with van der Waals surface area (Å²) in [6.45, 7) is 8.66. The summed E-state index contributed by atoms with van der Waals surface area (Å²) < 4.78 is 11.9. The Balaban J connectivity index is 1.12. The van der Waals surface area contributed by atoms with Crippen molar-refractivity contribution in [2.24, 2.45) is 0 Å². The van der Waals surface area contributed by atoms with Crippen molar-refractivity contribution in [1.29, 1.82) is 0 Å². The van der Waals surface area contributed by atoms with E-state index in [1.165, 1.54) is 0 Å². The maximum Gasteiger partial charge on any atom is 0.119 e. The Morgan fingerprint density at radius 3 is 1.14 bits per heavy atom. The van der Waals surface area contributed by atoms with E-state index < -0.39 is 0 Å². The summed E-state index contributed by atoms with van der Waals surface area (Å²) in [4.78, 5) is 0. The fraction of sp³-hybridized carbons (Fsp3) is 0.0500. The first-order valence-electron chi connectivity index (χ1n) is 14.0. The van der Waals surface area contributed by atoms with E-state index in [1.54, 1.807) is 0 Å². The van der Waals surface area contributed by atoms with Crippen molar-refractivity contribution in [3.05, 3.63) is 179 Å². The van der Waals surface area contributed by atoms with Gasteiger partial charge in [0.2, 0.25) is 0 Å². The molecule has 5 aromatic rings. The summed E-state index contributed by atoms with van der Waals surface area (Å²) in [6, 6.07) is 41.2. The van der Waals surface area contributed by atoms with Crippen LogP contribution in [0.3, 0.4) is 0 Å². The van der Waals surface area contributed by atoms with E-state index in [0.717, 1.165) is 56.0 Å². The van der Waals surface area contributed by atoms with Gasteiger partial charge in [0, 0.05) is 0 Å². The van der Waals surface area contributed by atoms with Crippen molar-refractivity contribution >= 4 is 36.5 Å². The largest absolute Gasteiger partial charge is 0.489 e. The van der Waals surface area contributed by atoms with Gasteiger partial charge in [-0.1, -0.05) is 141 Å². The zero-order valence-corrected chi connectivity index (χ0v) is 23.7. The lowest BCUT2D eigenvalue weighted by atomic mass is 10.1. The Labute approximate surface area is 249 Å². The molecule has 2 nitrogen and oxygen atoms in total. The topological polar surface area (TPSA) is 18.5 Å². The fourth-order valence-corrected chi connectivity index (χ4v) is 4.33. The molecule has 0 unspecified atom stereocenters. The zero-order valence-electron chi connectivity index (χ0n) is 23.7. The first-order chi connectivity index (χ1) is 20.7. The van der Waals surface area contributed by atoms with Crippen LogP contribution in [0.1, 0.15) is 44.5 Å². The van der Waals surface area contributed by atoms with Gasteiger partial charge in [0.05, 0.1) is 0 Å². The van der Waals surface area contributed by atoms with Crippen molar-refractivity contribution in [2.45, 2.75) is 13.2 Å². The highest BCUT2D eigenvalue weighted by Crippen LogP contribution is 2.19. The van der Waals surface area contributed by atoms with E-state index in [-0.39, 0.29) is 0 Å². The van der Waals surface area contributed by atoms with Crippen LogP contribution in [-0.4, -0.2) is 0 Å². The van der Waals surface area contributed by atoms with Gasteiger partial charge < -0.3 is 9.47 Å². The minimum atomic E-state index is 0.538. The Morgan fingerprint density at radius 2 is 0.762 bits per heavy atom. The lowest BCUT2D eigenvalue weighted by Gasteiger charge is -2.07. The van der Waals surface area contributed by atoms with Gasteiger partial charge in [0.1, 0.15) is 24.7 Å². The van der Waals surface area contributed by atoms with Crippen LogP contribution in [0.15, 0.2) is 134 Å². The summed E-state index contributed by atoms with van der Waals surface area (Å²) in [5.74, 6) is 1.70. The van der Waals surface area contributed by atoms with Crippen LogP contribution >= 0.6 is 0 Å². The quantitative estimate of drug-likeness (QED) is 0.145. The van der Waals surface area contributed by atoms with E-state index in [0.29, 0.717) is 13.2 Å². The van der Waals surface area contributed by atoms with Crippen LogP contribution in [-0.2, 0) is 13.2 Å². The lowest BCUT2D eigenvalue weighted by molar-refractivity contribution is 0.306. The molecule has 0 aliphatic rings. The number of hydrogen-bond donors (Lipinski definition) is 0. The Hall–Kier alpha value is -5.34. The van der Waals surface area contributed by atoms with Gasteiger partial charge in [0.25, 0.3) is 0 Å². The van der Waals surface area contributed by atoms with Gasteiger partial charge in [-0.15, -0.1) is 0 Å². The molecule has 0 N–H and O–H groups in total. The van der Waals surface area contributed by atoms with Gasteiger partial charge in [-0.25, -0.2) is 0 Å². The smallest absolute Gasteiger partial charge is 0.119 e. The number of ether oxygens (including phenoxy) is 2. The van der Waals surface area contributed by atoms with Crippen molar-refractivity contribution < 1.29 is 9.47 Å². The van der Waals surface area contributed by atoms with Gasteiger partial charge >= 0.3 is 0 Å². The maximum absolute atomic E-state index is 5.94. The number of rotatable bonds is 12. The molecule has 0 bridgehead atoms. The van der Waals surface area contributed by atoms with E-state index in [4.69, 9.17) is 9.47 Å². The predicted molar refractivity (Wildman–Crippen MR) is 179 cm³/mol. The molecule has 0 aliphatic carbocycles. The molecule has 42 heavy (non-hydrogen) atoms. The monoisotopic (exact) mass is 546 g/mol. The fourth-order valence-electron chi connectivity index (χ4n) is 4.33. The van der Waals surface area contributed by atoms with Crippen molar-refractivity contribution in [3.63, 3.8) is 0 Å². The van der Waals surface area contributed by atoms with Crippen molar-refractivity contribution in [2.75, 3.05) is 0 Å². The van der Waals surface area contributed by atoms with Crippen LogP contribution in [0.2, 0.25) is 0 Å². The molecule has 0 aliphatic heterocycles. The maximum atomic E-state index is 5.94. The third-order valence-corrected chi connectivity index (χ3v) is 6.85. The average molecular weight is 547 g/mol. The van der Waals surface area contributed by atoms with E-state index in [9.17, 15) is 0 Å². The molecule has 2 heteroatoms. The zero-order chi connectivity index (χ0) is 29.0. The highest BCUT2D eigenvalue weighted by Gasteiger charge is 1.99. The highest BCUT2D eigenvalue weighted by molar-refractivity contribution is 5.74. The number of benzene rings is 5. The van der Waals surface area contributed by atoms with Crippen LogP contribution in [0.25, 0.3) is 36.5 Å². The van der Waals surface area contributed by atoms with Crippen LogP contribution < -0.4 is 9.47 Å². The molecule has 0 radical (unpaired) electrons. The van der Waals surface area contributed by atoms with Crippen LogP contribution in [0, 0.1) is 0 Å². The molecule has 0 saturated carbocycles. The first kappa shape index (κ1) is 28.2. The van der Waals surface area contributed by atoms with Gasteiger partial charge in [-0.05, 0) is 74.8 Å². The summed E-state index contributed by atoms with van der Waals surface area (Å²) >= 11 is 0. The molecule has 0 fully saturated rings. The molecule has 0 spiro atoms. The first-order valence-corrected chi connectivity index (χ1v) is 14.0. The minimum Gasteiger partial charge on any atom is -0.489 e. The van der Waals surface area contributed by atoms with E-state index >= 15 is 0 Å². The summed E-state index contributed by atoms with van der Waals surface area (Å²) in [5, 5.41) is 0. The molecule has 0 atom stereocenters. The second-order valence-electron chi connectivity index (χ2n) is 9.94. The lowest BCUT2D eigenvalue weighted by Crippen LogP contribution is -1.95. The van der Waals surface area contributed by atoms with Crippen LogP contribution in [0.4, 0.5) is 0 Å². The Morgan fingerprint density at radius 1 is 0.405 bits per heavy atom. The molecule has 0 heterocycles. The summed E-state index contributed by atoms with van der Waals surface area (Å²) in [7, 11) is 0. The molecule has 0 saturated heterocycles. The molecule has 0 aromatic heterocycles. The Bertz CT molecular complexity index is 1530.